The van der Waals surface area contributed by atoms with Crippen molar-refractivity contribution in [3.63, 3.8) is 0 Å². The summed E-state index contributed by atoms with van der Waals surface area (Å²) >= 11 is 0. The maximum Gasteiger partial charge on any atom is 0.123 e. The summed E-state index contributed by atoms with van der Waals surface area (Å²) in [6, 6.07) is 23.1. The summed E-state index contributed by atoms with van der Waals surface area (Å²) in [5, 5.41) is 3.59. The fourth-order valence-corrected chi connectivity index (χ4v) is 3.13. The molecule has 0 radical (unpaired) electrons. The third-order valence-electron chi connectivity index (χ3n) is 4.76. The second-order valence-electron chi connectivity index (χ2n) is 6.76. The van der Waals surface area contributed by atoms with E-state index in [1.165, 1.54) is 17.5 Å². The molecule has 4 heteroatoms. The molecule has 1 saturated carbocycles. The van der Waals surface area contributed by atoms with Crippen LogP contribution >= 0.6 is 0 Å². The highest BCUT2D eigenvalue weighted by Gasteiger charge is 2.37. The number of anilines is 1. The molecule has 1 fully saturated rings. The van der Waals surface area contributed by atoms with Gasteiger partial charge in [-0.15, -0.1) is 0 Å². The Hall–Kier alpha value is -2.85. The van der Waals surface area contributed by atoms with Crippen molar-refractivity contribution in [1.82, 2.24) is 10.3 Å². The van der Waals surface area contributed by atoms with Crippen molar-refractivity contribution >= 4 is 5.82 Å². The topological polar surface area (TPSA) is 60.2 Å². The van der Waals surface area contributed by atoms with Crippen LogP contribution in [0.15, 0.2) is 72.9 Å². The summed E-state index contributed by atoms with van der Waals surface area (Å²) in [6.45, 7) is 1.43. The number of nitrogens with one attached hydrogen (secondary N) is 1. The third kappa shape index (κ3) is 4.21. The average molecular weight is 345 g/mol. The minimum absolute atomic E-state index is 0.531. The maximum atomic E-state index is 5.86. The van der Waals surface area contributed by atoms with Crippen molar-refractivity contribution in [2.24, 2.45) is 0 Å². The molecule has 3 N–H and O–H groups in total. The van der Waals surface area contributed by atoms with Crippen molar-refractivity contribution in [3.05, 3.63) is 89.6 Å². The predicted molar refractivity (Wildman–Crippen MR) is 104 cm³/mol. The molecule has 1 aromatic heterocycles. The maximum absolute atomic E-state index is 5.86. The van der Waals surface area contributed by atoms with Gasteiger partial charge in [0.2, 0.25) is 0 Å². The number of pyridine rings is 1. The van der Waals surface area contributed by atoms with Crippen molar-refractivity contribution < 1.29 is 4.74 Å². The van der Waals surface area contributed by atoms with E-state index in [2.05, 4.69) is 46.7 Å². The van der Waals surface area contributed by atoms with Crippen LogP contribution in [0.3, 0.4) is 0 Å². The number of aromatic nitrogens is 1. The summed E-state index contributed by atoms with van der Waals surface area (Å²) in [5.41, 5.74) is 9.33. The van der Waals surface area contributed by atoms with Gasteiger partial charge in [-0.25, -0.2) is 4.98 Å². The van der Waals surface area contributed by atoms with Gasteiger partial charge in [-0.05, 0) is 41.3 Å². The molecule has 0 unspecified atom stereocenters. The first kappa shape index (κ1) is 16.6. The molecule has 0 amide bonds. The number of ether oxygens (including phenoxy) is 1. The van der Waals surface area contributed by atoms with E-state index < -0.39 is 0 Å². The highest BCUT2D eigenvalue weighted by atomic mass is 16.5. The number of benzene rings is 2. The van der Waals surface area contributed by atoms with Crippen LogP contribution < -0.4 is 15.8 Å². The van der Waals surface area contributed by atoms with Gasteiger partial charge in [0.15, 0.2) is 0 Å². The lowest BCUT2D eigenvalue weighted by molar-refractivity contribution is 0.306. The molecule has 2 aromatic carbocycles. The summed E-state index contributed by atoms with van der Waals surface area (Å²) in [7, 11) is 0. The lowest BCUT2D eigenvalue weighted by atomic mass is 10.1. The predicted octanol–water partition coefficient (Wildman–Crippen LogP) is 3.89. The van der Waals surface area contributed by atoms with Crippen LogP contribution in [0.1, 0.15) is 29.0 Å². The molecule has 1 heterocycles. The minimum Gasteiger partial charge on any atom is -0.489 e. The first-order valence-corrected chi connectivity index (χ1v) is 8.98. The Morgan fingerprint density at radius 2 is 1.77 bits per heavy atom. The minimum atomic E-state index is 0.531. The molecule has 4 rings (SSSR count). The van der Waals surface area contributed by atoms with E-state index in [-0.39, 0.29) is 0 Å². The van der Waals surface area contributed by atoms with E-state index in [9.17, 15) is 0 Å². The van der Waals surface area contributed by atoms with Gasteiger partial charge in [0, 0.05) is 24.7 Å². The van der Waals surface area contributed by atoms with Gasteiger partial charge < -0.3 is 15.8 Å². The van der Waals surface area contributed by atoms with Crippen LogP contribution in [-0.4, -0.2) is 11.0 Å². The normalized spacial score (nSPS) is 18.5. The van der Waals surface area contributed by atoms with Gasteiger partial charge in [0.05, 0.1) is 0 Å². The second-order valence-corrected chi connectivity index (χ2v) is 6.76. The summed E-state index contributed by atoms with van der Waals surface area (Å²) in [5.74, 6) is 2.06. The van der Waals surface area contributed by atoms with Gasteiger partial charge in [-0.3, -0.25) is 0 Å². The molecular weight excluding hydrogens is 322 g/mol. The average Bonchev–Trinajstić information content (AvgIpc) is 3.47. The van der Waals surface area contributed by atoms with E-state index in [0.717, 1.165) is 17.9 Å². The van der Waals surface area contributed by atoms with Crippen molar-refractivity contribution in [2.45, 2.75) is 31.5 Å². The molecule has 0 aliphatic heterocycles. The Kier molecular flexibility index (Phi) is 4.84. The van der Waals surface area contributed by atoms with E-state index in [0.29, 0.717) is 24.4 Å². The number of rotatable bonds is 7. The zero-order chi connectivity index (χ0) is 17.8. The van der Waals surface area contributed by atoms with Crippen LogP contribution in [0.2, 0.25) is 0 Å². The molecule has 1 aliphatic carbocycles. The first-order valence-electron chi connectivity index (χ1n) is 8.98. The zero-order valence-electron chi connectivity index (χ0n) is 14.6. The summed E-state index contributed by atoms with van der Waals surface area (Å²) in [6.07, 6.45) is 3.01. The Morgan fingerprint density at radius 3 is 2.50 bits per heavy atom. The largest absolute Gasteiger partial charge is 0.489 e. The Bertz CT molecular complexity index is 832. The van der Waals surface area contributed by atoms with E-state index in [1.807, 2.05) is 36.5 Å². The smallest absolute Gasteiger partial charge is 0.123 e. The van der Waals surface area contributed by atoms with Gasteiger partial charge in [-0.2, -0.15) is 0 Å². The number of hydrogen-bond acceptors (Lipinski definition) is 4. The first-order chi connectivity index (χ1) is 12.8. The molecular formula is C22H23N3O. The molecule has 0 spiro atoms. The number of hydrogen-bond donors (Lipinski definition) is 2. The van der Waals surface area contributed by atoms with Crippen LogP contribution in [0.25, 0.3) is 0 Å². The Balaban J connectivity index is 1.26. The fraction of sp³-hybridized carbons (Fsp3) is 0.227. The van der Waals surface area contributed by atoms with Crippen LogP contribution in [0, 0.1) is 0 Å². The molecule has 3 aromatic rings. The van der Waals surface area contributed by atoms with E-state index >= 15 is 0 Å². The molecule has 132 valence electrons. The van der Waals surface area contributed by atoms with E-state index in [1.54, 1.807) is 0 Å². The quantitative estimate of drug-likeness (QED) is 0.682. The number of nitrogens with two attached hydrogens (primary N) is 1. The molecule has 1 aliphatic rings. The third-order valence-corrected chi connectivity index (χ3v) is 4.76. The Labute approximate surface area is 154 Å². The van der Waals surface area contributed by atoms with Gasteiger partial charge in [0.1, 0.15) is 18.2 Å². The number of nitrogens with zero attached hydrogens (tertiary/aromatic N) is 1. The lowest BCUT2D eigenvalue weighted by Gasteiger charge is -2.08. The van der Waals surface area contributed by atoms with Crippen molar-refractivity contribution in [1.29, 1.82) is 0 Å². The van der Waals surface area contributed by atoms with Crippen LogP contribution in [0.4, 0.5) is 5.82 Å². The SMILES string of the molecule is Nc1ccc(CN[C@@H]2C[C@H]2c2ccc(OCc3ccccc3)cc2)cn1. The molecule has 0 bridgehead atoms. The standard InChI is InChI=1S/C22H23N3O/c23-22-11-6-17(14-25-22)13-24-21-12-20(21)18-7-9-19(10-8-18)26-15-16-4-2-1-3-5-16/h1-11,14,20-21,24H,12-13,15H2,(H2,23,25)/t20-,21+/m0/s1. The molecule has 2 atom stereocenters. The molecule has 0 saturated heterocycles. The highest BCUT2D eigenvalue weighted by molar-refractivity contribution is 5.34. The van der Waals surface area contributed by atoms with Crippen molar-refractivity contribution in [2.75, 3.05) is 5.73 Å². The van der Waals surface area contributed by atoms with Gasteiger partial charge in [-0.1, -0.05) is 48.5 Å². The van der Waals surface area contributed by atoms with Gasteiger partial charge in [0.25, 0.3) is 0 Å². The number of nitrogen functional groups attached to an aromatic ring is 1. The lowest BCUT2D eigenvalue weighted by Crippen LogP contribution is -2.17. The van der Waals surface area contributed by atoms with Gasteiger partial charge >= 0.3 is 0 Å². The summed E-state index contributed by atoms with van der Waals surface area (Å²) in [4.78, 5) is 4.13. The van der Waals surface area contributed by atoms with Crippen LogP contribution in [-0.2, 0) is 13.2 Å². The highest BCUT2D eigenvalue weighted by Crippen LogP contribution is 2.41. The van der Waals surface area contributed by atoms with Crippen LogP contribution in [0.5, 0.6) is 5.75 Å². The Morgan fingerprint density at radius 1 is 0.962 bits per heavy atom. The van der Waals surface area contributed by atoms with E-state index in [4.69, 9.17) is 10.5 Å². The molecule has 4 nitrogen and oxygen atoms in total. The summed E-state index contributed by atoms with van der Waals surface area (Å²) < 4.78 is 5.86. The second kappa shape index (κ2) is 7.58. The zero-order valence-corrected chi connectivity index (χ0v) is 14.6. The van der Waals surface area contributed by atoms with Crippen molar-refractivity contribution in [3.8, 4) is 5.75 Å². The fourth-order valence-electron chi connectivity index (χ4n) is 3.13. The monoisotopic (exact) mass is 345 g/mol. The molecule has 26 heavy (non-hydrogen) atoms.